The van der Waals surface area contributed by atoms with Crippen LogP contribution in [0.4, 0.5) is 28.0 Å². The van der Waals surface area contributed by atoms with E-state index in [-0.39, 0.29) is 123 Å². The van der Waals surface area contributed by atoms with Crippen molar-refractivity contribution in [2.24, 2.45) is 0 Å². The van der Waals surface area contributed by atoms with E-state index in [9.17, 15) is 42.7 Å². The van der Waals surface area contributed by atoms with Crippen molar-refractivity contribution in [2.45, 2.75) is 143 Å². The first kappa shape index (κ1) is 74.0. The molecule has 0 unspecified atom stereocenters. The molecule has 0 bridgehead atoms. The zero-order valence-corrected chi connectivity index (χ0v) is 53.0. The Morgan fingerprint density at radius 1 is 0.628 bits per heavy atom. The van der Waals surface area contributed by atoms with E-state index < -0.39 is 49.3 Å². The quantitative estimate of drug-likeness (QED) is 0.136. The first-order valence-corrected chi connectivity index (χ1v) is 29.0. The van der Waals surface area contributed by atoms with Crippen LogP contribution in [0.1, 0.15) is 99.1 Å². The Bertz CT molecular complexity index is 2270. The largest absolute Gasteiger partial charge is 0.444 e. The van der Waals surface area contributed by atoms with Crippen LogP contribution in [0.5, 0.6) is 0 Å². The van der Waals surface area contributed by atoms with E-state index in [1.54, 1.807) is 70.5 Å². The third kappa shape index (κ3) is 24.0. The Morgan fingerprint density at radius 3 is 1.29 bits per heavy atom. The Morgan fingerprint density at radius 2 is 0.962 bits per heavy atom. The molecule has 26 heteroatoms. The lowest BCUT2D eigenvalue weighted by Gasteiger charge is -2.39. The molecule has 78 heavy (non-hydrogen) atoms. The molecule has 0 spiro atoms. The van der Waals surface area contributed by atoms with Gasteiger partial charge in [-0.3, -0.25) is 9.59 Å². The fourth-order valence-corrected chi connectivity index (χ4v) is 8.86. The summed E-state index contributed by atoms with van der Waals surface area (Å²) in [6.07, 6.45) is 0.277. The molecule has 446 valence electrons. The van der Waals surface area contributed by atoms with Crippen molar-refractivity contribution < 1.29 is 56.6 Å². The highest BCUT2D eigenvalue weighted by Gasteiger charge is 2.39. The summed E-state index contributed by atoms with van der Waals surface area (Å²) in [5, 5.41) is 15.1. The predicted molar refractivity (Wildman–Crippen MR) is 316 cm³/mol. The van der Waals surface area contributed by atoms with Crippen molar-refractivity contribution in [1.82, 2.24) is 40.0 Å². The molecule has 2 aromatic rings. The summed E-state index contributed by atoms with van der Waals surface area (Å²) in [7, 11) is 1.07. The van der Waals surface area contributed by atoms with E-state index in [1.165, 1.54) is 30.1 Å². The molecule has 2 atom stereocenters. The standard InChI is InChI=1S/C29H48ClFN4O5Si.C23H34ClFN4O5.ClH.2H2S/c1-28(2,3)40-27(38)35-17-15-34(16-18-35)24(36)14-13-22(20-39-41(8,9)29(4,5)6)33(7)26(37)32-19-21-11-10-12-23(31)25(21)30;1-23(2,3)34-22(33)29-12-10-28(11-13-29)19(31)9-8-17(15-30)27(4)21(32)26-14-16-6-5-7-18(25)20(16)24;;;/h10-12,22H,13-20H2,1-9H3,(H,32,37);5-7,17,30H,8-15H2,1-4H3,(H,26,32);1H;2*1H2/t22-;17-;;;/m00.../s1. The Balaban J connectivity index is 0.00000149. The van der Waals surface area contributed by atoms with E-state index in [4.69, 9.17) is 37.1 Å². The normalized spacial score (nSPS) is 14.6. The molecular formula is C52H87Cl3F2N8O10S2Si. The van der Waals surface area contributed by atoms with E-state index in [0.29, 0.717) is 76.5 Å². The number of aliphatic hydroxyl groups excluding tert-OH is 1. The minimum absolute atomic E-state index is 0. The van der Waals surface area contributed by atoms with E-state index in [2.05, 4.69) is 44.5 Å². The lowest BCUT2D eigenvalue weighted by molar-refractivity contribution is -0.134. The van der Waals surface area contributed by atoms with Crippen molar-refractivity contribution in [2.75, 3.05) is 79.7 Å². The fraction of sp³-hybridized carbons (Fsp3) is 0.654. The van der Waals surface area contributed by atoms with Crippen LogP contribution < -0.4 is 10.6 Å². The van der Waals surface area contributed by atoms with Crippen LogP contribution in [0.2, 0.25) is 28.2 Å². The van der Waals surface area contributed by atoms with Gasteiger partial charge in [0.1, 0.15) is 22.8 Å². The van der Waals surface area contributed by atoms with Crippen LogP contribution in [0.15, 0.2) is 36.4 Å². The Kier molecular flexibility index (Phi) is 31.4. The van der Waals surface area contributed by atoms with Gasteiger partial charge in [-0.2, -0.15) is 27.0 Å². The summed E-state index contributed by atoms with van der Waals surface area (Å²) in [6.45, 7) is 24.9. The monoisotopic (exact) mass is 1220 g/mol. The first-order valence-electron chi connectivity index (χ1n) is 25.4. The molecule has 2 aliphatic rings. The number of carbonyl (C=O) groups is 6. The number of hydrogen-bond donors (Lipinski definition) is 3. The number of nitrogens with one attached hydrogen (secondary N) is 2. The van der Waals surface area contributed by atoms with Crippen molar-refractivity contribution in [3.63, 3.8) is 0 Å². The number of carbonyl (C=O) groups excluding carboxylic acids is 6. The minimum atomic E-state index is -2.12. The molecule has 2 fully saturated rings. The van der Waals surface area contributed by atoms with Gasteiger partial charge in [0, 0.05) is 92.4 Å². The van der Waals surface area contributed by atoms with Gasteiger partial charge in [0.05, 0.1) is 35.3 Å². The second-order valence-corrected chi connectivity index (χ2v) is 27.9. The molecular weight excluding hydrogens is 1130 g/mol. The number of urea groups is 2. The number of hydrogen-bond acceptors (Lipinski definition) is 10. The molecule has 0 aliphatic carbocycles. The Hall–Kier alpha value is -3.97. The van der Waals surface area contributed by atoms with Gasteiger partial charge < -0.3 is 59.0 Å². The van der Waals surface area contributed by atoms with Crippen molar-refractivity contribution in [3.8, 4) is 0 Å². The van der Waals surface area contributed by atoms with Gasteiger partial charge in [-0.1, -0.05) is 68.2 Å². The van der Waals surface area contributed by atoms with Crippen molar-refractivity contribution >= 4 is 107 Å². The van der Waals surface area contributed by atoms with Gasteiger partial charge in [-0.25, -0.2) is 28.0 Å². The number of amides is 8. The minimum Gasteiger partial charge on any atom is -0.444 e. The van der Waals surface area contributed by atoms with Crippen molar-refractivity contribution in [1.29, 1.82) is 0 Å². The zero-order chi connectivity index (χ0) is 56.6. The van der Waals surface area contributed by atoms with Crippen LogP contribution in [-0.2, 0) is 36.6 Å². The van der Waals surface area contributed by atoms with E-state index >= 15 is 0 Å². The fourth-order valence-electron chi connectivity index (χ4n) is 7.44. The number of rotatable bonds is 16. The summed E-state index contributed by atoms with van der Waals surface area (Å²) >= 11 is 12.0. The summed E-state index contributed by atoms with van der Waals surface area (Å²) in [5.41, 5.74) is -0.244. The number of ether oxygens (including phenoxy) is 2. The summed E-state index contributed by atoms with van der Waals surface area (Å²) in [6, 6.07) is 7.03. The highest BCUT2D eigenvalue weighted by Crippen LogP contribution is 2.37. The molecule has 0 radical (unpaired) electrons. The second-order valence-electron chi connectivity index (χ2n) is 22.3. The van der Waals surface area contributed by atoms with Gasteiger partial charge in [0.25, 0.3) is 0 Å². The third-order valence-corrected chi connectivity index (χ3v) is 18.6. The lowest BCUT2D eigenvalue weighted by Crippen LogP contribution is -2.52. The van der Waals surface area contributed by atoms with Crippen LogP contribution in [0, 0.1) is 11.6 Å². The average Bonchev–Trinajstić information content (AvgIpc) is 3.33. The maximum Gasteiger partial charge on any atom is 0.410 e. The number of benzene rings is 2. The first-order chi connectivity index (χ1) is 34.7. The van der Waals surface area contributed by atoms with E-state index in [0.717, 1.165) is 0 Å². The summed E-state index contributed by atoms with van der Waals surface area (Å²) in [5.74, 6) is -1.26. The lowest BCUT2D eigenvalue weighted by atomic mass is 10.1. The molecule has 2 heterocycles. The highest BCUT2D eigenvalue weighted by atomic mass is 35.5. The molecule has 2 saturated heterocycles. The van der Waals surface area contributed by atoms with Gasteiger partial charge in [0.15, 0.2) is 8.32 Å². The van der Waals surface area contributed by atoms with Gasteiger partial charge in [-0.05, 0) is 95.8 Å². The second kappa shape index (κ2) is 33.1. The maximum atomic E-state index is 13.8. The number of nitrogens with zero attached hydrogens (tertiary/aromatic N) is 6. The maximum absolute atomic E-state index is 13.8. The molecule has 2 aliphatic heterocycles. The zero-order valence-electron chi connectivity index (χ0n) is 47.7. The van der Waals surface area contributed by atoms with Crippen LogP contribution >= 0.6 is 62.6 Å². The molecule has 0 aromatic heterocycles. The van der Waals surface area contributed by atoms with E-state index in [1.807, 2.05) is 20.8 Å². The highest BCUT2D eigenvalue weighted by molar-refractivity contribution is 7.59. The number of likely N-dealkylation sites (N-methyl/N-ethyl adjacent to an activating group) is 2. The molecule has 18 nitrogen and oxygen atoms in total. The predicted octanol–water partition coefficient (Wildman–Crippen LogP) is 9.36. The number of piperazine rings is 2. The SMILES string of the molecule is CN(C(=O)NCc1cccc(F)c1Cl)[C@@H](CCC(=O)N1CCN(C(=O)OC(C)(C)C)CC1)CO[Si](C)(C)C(C)(C)C.CN(C(=O)NCc1cccc(F)c1Cl)[C@H](CO)CCC(=O)N1CCN(C(=O)OC(C)(C)C)CC1.Cl.S.S. The number of aliphatic hydroxyl groups is 1. The topological polar surface area (TPSA) is 194 Å². The average molecular weight is 1220 g/mol. The summed E-state index contributed by atoms with van der Waals surface area (Å²) in [4.78, 5) is 85.4. The van der Waals surface area contributed by atoms with Gasteiger partial charge in [-0.15, -0.1) is 12.4 Å². The molecule has 4 rings (SSSR count). The number of halogens is 5. The molecule has 2 aromatic carbocycles. The molecule has 0 saturated carbocycles. The smallest absolute Gasteiger partial charge is 0.410 e. The van der Waals surface area contributed by atoms with Crippen LogP contribution in [0.3, 0.4) is 0 Å². The molecule has 3 N–H and O–H groups in total. The van der Waals surface area contributed by atoms with Crippen LogP contribution in [0.25, 0.3) is 0 Å². The summed E-state index contributed by atoms with van der Waals surface area (Å²) < 4.78 is 44.6. The van der Waals surface area contributed by atoms with Crippen LogP contribution in [-0.4, -0.2) is 182 Å². The van der Waals surface area contributed by atoms with Crippen molar-refractivity contribution in [3.05, 3.63) is 69.2 Å². The van der Waals surface area contributed by atoms with Gasteiger partial charge >= 0.3 is 24.2 Å². The van der Waals surface area contributed by atoms with Gasteiger partial charge in [0.2, 0.25) is 11.8 Å². The Labute approximate surface area is 492 Å². The molecule has 8 amide bonds. The third-order valence-electron chi connectivity index (χ3n) is 13.3.